The maximum absolute atomic E-state index is 13.1. The minimum absolute atomic E-state index is 0.179. The van der Waals surface area contributed by atoms with E-state index in [4.69, 9.17) is 4.42 Å². The first-order valence-corrected chi connectivity index (χ1v) is 10.8. The molecule has 5 heteroatoms. The van der Waals surface area contributed by atoms with Crippen molar-refractivity contribution >= 4 is 11.1 Å². The zero-order chi connectivity index (χ0) is 20.9. The SMILES string of the molecule is C=CCN(CCCc1ccc(F)cc1)[C@H]1CC[C@H](c2ccc3[nH]c(=O)oc3c2)CC1. The van der Waals surface area contributed by atoms with Crippen LogP contribution < -0.4 is 5.76 Å². The number of nitrogens with one attached hydrogen (secondary N) is 1. The molecule has 0 atom stereocenters. The average Bonchev–Trinajstić information content (AvgIpc) is 3.14. The predicted molar refractivity (Wildman–Crippen MR) is 118 cm³/mol. The number of hydrogen-bond donors (Lipinski definition) is 1. The van der Waals surface area contributed by atoms with Crippen molar-refractivity contribution in [3.8, 4) is 0 Å². The number of aromatic nitrogens is 1. The smallest absolute Gasteiger partial charge is 0.408 e. The van der Waals surface area contributed by atoms with E-state index in [1.54, 1.807) is 0 Å². The Hall–Kier alpha value is -2.66. The molecule has 1 N–H and O–H groups in total. The third-order valence-electron chi connectivity index (χ3n) is 6.32. The van der Waals surface area contributed by atoms with E-state index in [-0.39, 0.29) is 5.82 Å². The highest BCUT2D eigenvalue weighted by molar-refractivity contribution is 5.72. The lowest BCUT2D eigenvalue weighted by atomic mass is 9.81. The summed E-state index contributed by atoms with van der Waals surface area (Å²) in [7, 11) is 0. The summed E-state index contributed by atoms with van der Waals surface area (Å²) in [6, 6.07) is 13.5. The van der Waals surface area contributed by atoms with E-state index in [0.717, 1.165) is 57.1 Å². The van der Waals surface area contributed by atoms with Crippen LogP contribution in [0.5, 0.6) is 0 Å². The van der Waals surface area contributed by atoms with Crippen molar-refractivity contribution in [2.45, 2.75) is 50.5 Å². The fourth-order valence-electron chi connectivity index (χ4n) is 4.72. The third kappa shape index (κ3) is 4.90. The maximum Gasteiger partial charge on any atom is 0.417 e. The van der Waals surface area contributed by atoms with Crippen molar-refractivity contribution in [3.05, 3.63) is 82.6 Å². The van der Waals surface area contributed by atoms with Gasteiger partial charge in [0.05, 0.1) is 5.52 Å². The quantitative estimate of drug-likeness (QED) is 0.507. The van der Waals surface area contributed by atoms with Gasteiger partial charge in [0.2, 0.25) is 0 Å². The van der Waals surface area contributed by atoms with Gasteiger partial charge in [0, 0.05) is 12.6 Å². The molecule has 2 aromatic carbocycles. The Morgan fingerprint density at radius 2 is 1.90 bits per heavy atom. The fourth-order valence-corrected chi connectivity index (χ4v) is 4.72. The molecule has 1 fully saturated rings. The highest BCUT2D eigenvalue weighted by atomic mass is 19.1. The predicted octanol–water partition coefficient (Wildman–Crippen LogP) is 5.41. The van der Waals surface area contributed by atoms with E-state index in [1.807, 2.05) is 30.3 Å². The molecule has 1 aliphatic rings. The molecule has 0 aliphatic heterocycles. The summed E-state index contributed by atoms with van der Waals surface area (Å²) in [5, 5.41) is 0. The van der Waals surface area contributed by atoms with Gasteiger partial charge in [0.1, 0.15) is 5.82 Å². The molecular weight excluding hydrogens is 379 g/mol. The lowest BCUT2D eigenvalue weighted by Gasteiger charge is -2.36. The molecule has 3 aromatic rings. The summed E-state index contributed by atoms with van der Waals surface area (Å²) in [6.45, 7) is 5.87. The largest absolute Gasteiger partial charge is 0.417 e. The molecule has 158 valence electrons. The van der Waals surface area contributed by atoms with E-state index in [0.29, 0.717) is 17.5 Å². The van der Waals surface area contributed by atoms with Gasteiger partial charge in [-0.1, -0.05) is 24.3 Å². The minimum Gasteiger partial charge on any atom is -0.408 e. The molecule has 0 bridgehead atoms. The van der Waals surface area contributed by atoms with Gasteiger partial charge in [-0.05, 0) is 86.4 Å². The van der Waals surface area contributed by atoms with Crippen LogP contribution in [0.3, 0.4) is 0 Å². The van der Waals surface area contributed by atoms with Crippen molar-refractivity contribution < 1.29 is 8.81 Å². The van der Waals surface area contributed by atoms with Crippen LogP contribution in [0, 0.1) is 5.82 Å². The lowest BCUT2D eigenvalue weighted by molar-refractivity contribution is 0.162. The Kier molecular flexibility index (Phi) is 6.48. The van der Waals surface area contributed by atoms with E-state index in [2.05, 4.69) is 22.5 Å². The first kappa shape index (κ1) is 20.6. The van der Waals surface area contributed by atoms with Gasteiger partial charge in [-0.25, -0.2) is 9.18 Å². The van der Waals surface area contributed by atoms with Crippen LogP contribution in [0.4, 0.5) is 4.39 Å². The third-order valence-corrected chi connectivity index (χ3v) is 6.32. The van der Waals surface area contributed by atoms with E-state index in [9.17, 15) is 9.18 Å². The second-order valence-electron chi connectivity index (χ2n) is 8.29. The van der Waals surface area contributed by atoms with E-state index >= 15 is 0 Å². The van der Waals surface area contributed by atoms with Gasteiger partial charge < -0.3 is 4.42 Å². The van der Waals surface area contributed by atoms with Crippen LogP contribution in [-0.2, 0) is 6.42 Å². The number of oxazole rings is 1. The van der Waals surface area contributed by atoms with Crippen molar-refractivity contribution in [2.24, 2.45) is 0 Å². The van der Waals surface area contributed by atoms with Crippen molar-refractivity contribution in [1.82, 2.24) is 9.88 Å². The first-order valence-electron chi connectivity index (χ1n) is 10.8. The van der Waals surface area contributed by atoms with Crippen LogP contribution in [-0.4, -0.2) is 29.0 Å². The molecule has 4 rings (SSSR count). The second kappa shape index (κ2) is 9.43. The summed E-state index contributed by atoms with van der Waals surface area (Å²) in [5.74, 6) is -0.0659. The van der Waals surface area contributed by atoms with Crippen molar-refractivity contribution in [2.75, 3.05) is 13.1 Å². The monoisotopic (exact) mass is 408 g/mol. The van der Waals surface area contributed by atoms with Crippen LogP contribution in [0.1, 0.15) is 49.1 Å². The molecule has 0 amide bonds. The molecule has 4 nitrogen and oxygen atoms in total. The molecule has 0 radical (unpaired) electrons. The van der Waals surface area contributed by atoms with Crippen LogP contribution in [0.25, 0.3) is 11.1 Å². The van der Waals surface area contributed by atoms with Crippen LogP contribution >= 0.6 is 0 Å². The van der Waals surface area contributed by atoms with E-state index < -0.39 is 5.76 Å². The van der Waals surface area contributed by atoms with Crippen molar-refractivity contribution in [1.29, 1.82) is 0 Å². The first-order chi connectivity index (χ1) is 14.6. The molecule has 1 aromatic heterocycles. The summed E-state index contributed by atoms with van der Waals surface area (Å²) in [4.78, 5) is 16.6. The molecule has 1 heterocycles. The van der Waals surface area contributed by atoms with Gasteiger partial charge >= 0.3 is 5.76 Å². The summed E-state index contributed by atoms with van der Waals surface area (Å²) >= 11 is 0. The van der Waals surface area contributed by atoms with Gasteiger partial charge in [-0.2, -0.15) is 0 Å². The lowest BCUT2D eigenvalue weighted by Crippen LogP contribution is -2.38. The van der Waals surface area contributed by atoms with E-state index in [1.165, 1.54) is 23.3 Å². The number of aryl methyl sites for hydroxylation is 1. The Labute approximate surface area is 176 Å². The number of aromatic amines is 1. The van der Waals surface area contributed by atoms with Gasteiger partial charge in [-0.15, -0.1) is 6.58 Å². The number of fused-ring (bicyclic) bond motifs is 1. The number of H-pyrrole nitrogens is 1. The molecular formula is C25H29FN2O2. The van der Waals surface area contributed by atoms with Gasteiger partial charge in [-0.3, -0.25) is 9.88 Å². The number of rotatable bonds is 8. The number of nitrogens with zero attached hydrogens (tertiary/aromatic N) is 1. The Morgan fingerprint density at radius 1 is 1.13 bits per heavy atom. The fraction of sp³-hybridized carbons (Fsp3) is 0.400. The minimum atomic E-state index is -0.397. The average molecular weight is 409 g/mol. The number of hydrogen-bond acceptors (Lipinski definition) is 3. The Bertz CT molecular complexity index is 1030. The second-order valence-corrected chi connectivity index (χ2v) is 8.29. The normalized spacial score (nSPS) is 19.4. The Morgan fingerprint density at radius 3 is 2.63 bits per heavy atom. The zero-order valence-corrected chi connectivity index (χ0v) is 17.3. The Balaban J connectivity index is 1.32. The molecule has 0 saturated heterocycles. The highest BCUT2D eigenvalue weighted by Crippen LogP contribution is 2.35. The highest BCUT2D eigenvalue weighted by Gasteiger charge is 2.26. The van der Waals surface area contributed by atoms with Gasteiger partial charge in [0.15, 0.2) is 5.58 Å². The standard InChI is InChI=1S/C25H29FN2O2/c1-2-15-28(16-3-4-18-5-10-21(26)11-6-18)22-12-7-19(8-13-22)20-9-14-23-24(17-20)30-25(29)27-23/h2,5-6,9-11,14,17,19,22H,1,3-4,7-8,12-13,15-16H2,(H,27,29)/t19-,22-. The molecule has 0 unspecified atom stereocenters. The molecule has 1 aliphatic carbocycles. The van der Waals surface area contributed by atoms with Gasteiger partial charge in [0.25, 0.3) is 0 Å². The van der Waals surface area contributed by atoms with Crippen LogP contribution in [0.2, 0.25) is 0 Å². The molecule has 1 saturated carbocycles. The zero-order valence-electron chi connectivity index (χ0n) is 17.3. The van der Waals surface area contributed by atoms with Crippen LogP contribution in [0.15, 0.2) is 64.3 Å². The topological polar surface area (TPSA) is 49.2 Å². The van der Waals surface area contributed by atoms with Crippen molar-refractivity contribution in [3.63, 3.8) is 0 Å². The summed E-state index contributed by atoms with van der Waals surface area (Å²) < 4.78 is 18.3. The number of benzene rings is 2. The summed E-state index contributed by atoms with van der Waals surface area (Å²) in [6.07, 6.45) is 8.60. The number of halogens is 1. The summed E-state index contributed by atoms with van der Waals surface area (Å²) in [5.41, 5.74) is 3.85. The molecule has 0 spiro atoms. The molecule has 30 heavy (non-hydrogen) atoms. The maximum atomic E-state index is 13.1.